The van der Waals surface area contributed by atoms with Gasteiger partial charge >= 0.3 is 0 Å². The van der Waals surface area contributed by atoms with Crippen molar-refractivity contribution < 1.29 is 4.79 Å². The van der Waals surface area contributed by atoms with Crippen molar-refractivity contribution in [3.8, 4) is 0 Å². The molecule has 5 heteroatoms. The summed E-state index contributed by atoms with van der Waals surface area (Å²) >= 11 is 5.24. The zero-order valence-corrected chi connectivity index (χ0v) is 16.6. The van der Waals surface area contributed by atoms with Gasteiger partial charge in [0, 0.05) is 5.69 Å². The highest BCUT2D eigenvalue weighted by Crippen LogP contribution is 2.17. The van der Waals surface area contributed by atoms with E-state index in [1.807, 2.05) is 50.2 Å². The molecule has 2 aromatic carbocycles. The Balaban J connectivity index is 1.86. The summed E-state index contributed by atoms with van der Waals surface area (Å²) in [7, 11) is 0. The number of hydrogen-bond donors (Lipinski definition) is 3. The number of para-hydroxylation sites is 1. The zero-order chi connectivity index (χ0) is 19.1. The maximum absolute atomic E-state index is 12.4. The molecule has 0 heterocycles. The number of rotatable bonds is 5. The largest absolute Gasteiger partial charge is 0.331 e. The van der Waals surface area contributed by atoms with Crippen molar-refractivity contribution in [3.05, 3.63) is 65.2 Å². The van der Waals surface area contributed by atoms with E-state index in [2.05, 4.69) is 42.1 Å². The monoisotopic (exact) mass is 369 g/mol. The molecule has 0 bridgehead atoms. The SMILES string of the molecule is Cc1ccccc1NC(=S)NNC(=O)C(C)c1ccc(CC(C)C)cc1. The Hall–Kier alpha value is -2.40. The van der Waals surface area contributed by atoms with Crippen molar-refractivity contribution in [2.45, 2.75) is 40.0 Å². The number of anilines is 1. The van der Waals surface area contributed by atoms with E-state index in [4.69, 9.17) is 12.2 Å². The highest BCUT2D eigenvalue weighted by Gasteiger charge is 2.15. The Kier molecular flexibility index (Phi) is 7.16. The Bertz CT molecular complexity index is 756. The molecule has 0 fully saturated rings. The number of carbonyl (C=O) groups is 1. The van der Waals surface area contributed by atoms with Crippen LogP contribution in [0.2, 0.25) is 0 Å². The van der Waals surface area contributed by atoms with Crippen LogP contribution in [-0.4, -0.2) is 11.0 Å². The zero-order valence-electron chi connectivity index (χ0n) is 15.8. The van der Waals surface area contributed by atoms with Crippen LogP contribution in [-0.2, 0) is 11.2 Å². The molecular weight excluding hydrogens is 342 g/mol. The fraction of sp³-hybridized carbons (Fsp3) is 0.333. The van der Waals surface area contributed by atoms with Crippen LogP contribution in [0.5, 0.6) is 0 Å². The smallest absolute Gasteiger partial charge is 0.245 e. The molecule has 1 atom stereocenters. The fourth-order valence-corrected chi connectivity index (χ4v) is 2.82. The van der Waals surface area contributed by atoms with Crippen LogP contribution in [0, 0.1) is 12.8 Å². The number of nitrogens with one attached hydrogen (secondary N) is 3. The normalized spacial score (nSPS) is 11.7. The molecule has 0 radical (unpaired) electrons. The van der Waals surface area contributed by atoms with Crippen molar-refractivity contribution >= 4 is 28.9 Å². The molecule has 0 aromatic heterocycles. The van der Waals surface area contributed by atoms with Gasteiger partial charge in [-0.15, -0.1) is 0 Å². The van der Waals surface area contributed by atoms with Gasteiger partial charge < -0.3 is 5.32 Å². The molecule has 1 amide bonds. The minimum Gasteiger partial charge on any atom is -0.331 e. The predicted molar refractivity (Wildman–Crippen MR) is 112 cm³/mol. The number of benzene rings is 2. The highest BCUT2D eigenvalue weighted by molar-refractivity contribution is 7.80. The van der Waals surface area contributed by atoms with Gasteiger partial charge in [0.05, 0.1) is 5.92 Å². The summed E-state index contributed by atoms with van der Waals surface area (Å²) < 4.78 is 0. The molecule has 2 aromatic rings. The fourth-order valence-electron chi connectivity index (χ4n) is 2.66. The minimum atomic E-state index is -0.267. The van der Waals surface area contributed by atoms with E-state index >= 15 is 0 Å². The van der Waals surface area contributed by atoms with E-state index in [0.29, 0.717) is 11.0 Å². The third-order valence-corrected chi connectivity index (χ3v) is 4.41. The van der Waals surface area contributed by atoms with Crippen molar-refractivity contribution in [1.29, 1.82) is 0 Å². The van der Waals surface area contributed by atoms with Crippen molar-refractivity contribution in [3.63, 3.8) is 0 Å². The molecule has 1 unspecified atom stereocenters. The topological polar surface area (TPSA) is 53.2 Å². The Labute approximate surface area is 161 Å². The summed E-state index contributed by atoms with van der Waals surface area (Å²) in [5, 5.41) is 3.43. The molecule has 0 aliphatic rings. The van der Waals surface area contributed by atoms with Gasteiger partial charge in [0.1, 0.15) is 0 Å². The Morgan fingerprint density at radius 3 is 2.27 bits per heavy atom. The number of hydrogen-bond acceptors (Lipinski definition) is 2. The van der Waals surface area contributed by atoms with Crippen molar-refractivity contribution in [2.75, 3.05) is 5.32 Å². The summed E-state index contributed by atoms with van der Waals surface area (Å²) in [6.45, 7) is 8.27. The summed E-state index contributed by atoms with van der Waals surface area (Å²) in [6, 6.07) is 16.1. The molecule has 0 saturated heterocycles. The molecule has 0 aliphatic carbocycles. The predicted octanol–water partition coefficient (Wildman–Crippen LogP) is 4.31. The number of carbonyl (C=O) groups excluding carboxylic acids is 1. The van der Waals surface area contributed by atoms with Crippen LogP contribution in [0.4, 0.5) is 5.69 Å². The van der Waals surface area contributed by atoms with E-state index < -0.39 is 0 Å². The van der Waals surface area contributed by atoms with Gasteiger partial charge in [0.15, 0.2) is 5.11 Å². The lowest BCUT2D eigenvalue weighted by molar-refractivity contribution is -0.122. The number of thiocarbonyl (C=S) groups is 1. The molecule has 0 aliphatic heterocycles. The van der Waals surface area contributed by atoms with Gasteiger partial charge in [-0.2, -0.15) is 0 Å². The highest BCUT2D eigenvalue weighted by atomic mass is 32.1. The molecule has 3 N–H and O–H groups in total. The summed E-state index contributed by atoms with van der Waals surface area (Å²) in [4.78, 5) is 12.4. The third kappa shape index (κ3) is 5.85. The lowest BCUT2D eigenvalue weighted by Crippen LogP contribution is -2.45. The van der Waals surface area contributed by atoms with Crippen LogP contribution >= 0.6 is 12.2 Å². The molecule has 138 valence electrons. The molecule has 26 heavy (non-hydrogen) atoms. The quantitative estimate of drug-likeness (QED) is 0.543. The van der Waals surface area contributed by atoms with Gasteiger partial charge in [0.25, 0.3) is 0 Å². The van der Waals surface area contributed by atoms with Gasteiger partial charge in [-0.1, -0.05) is 56.3 Å². The standard InChI is InChI=1S/C21H27N3OS/c1-14(2)13-17-9-11-18(12-10-17)16(4)20(25)23-24-21(26)22-19-8-6-5-7-15(19)3/h5-12,14,16H,13H2,1-4H3,(H,23,25)(H2,22,24,26). The average molecular weight is 370 g/mol. The minimum absolute atomic E-state index is 0.129. The average Bonchev–Trinajstić information content (AvgIpc) is 2.61. The molecule has 4 nitrogen and oxygen atoms in total. The summed E-state index contributed by atoms with van der Waals surface area (Å²) in [5.74, 6) is 0.222. The third-order valence-electron chi connectivity index (χ3n) is 4.21. The van der Waals surface area contributed by atoms with Crippen LogP contribution in [0.15, 0.2) is 48.5 Å². The summed E-state index contributed by atoms with van der Waals surface area (Å²) in [5.41, 5.74) is 9.70. The first kappa shape index (κ1) is 19.9. The maximum atomic E-state index is 12.4. The van der Waals surface area contributed by atoms with E-state index in [1.54, 1.807) is 0 Å². The van der Waals surface area contributed by atoms with Crippen LogP contribution in [0.25, 0.3) is 0 Å². The molecular formula is C21H27N3OS. The van der Waals surface area contributed by atoms with E-state index in [-0.39, 0.29) is 11.8 Å². The number of aryl methyl sites for hydroxylation is 1. The summed E-state index contributed by atoms with van der Waals surface area (Å²) in [6.07, 6.45) is 1.04. The lowest BCUT2D eigenvalue weighted by atomic mass is 9.96. The first-order valence-corrected chi connectivity index (χ1v) is 9.29. The van der Waals surface area contributed by atoms with E-state index in [9.17, 15) is 4.79 Å². The second-order valence-corrected chi connectivity index (χ2v) is 7.35. The number of hydrazine groups is 1. The van der Waals surface area contributed by atoms with Gasteiger partial charge in [0.2, 0.25) is 5.91 Å². The van der Waals surface area contributed by atoms with Crippen molar-refractivity contribution in [2.24, 2.45) is 5.92 Å². The number of amides is 1. The second kappa shape index (κ2) is 9.34. The Morgan fingerprint density at radius 2 is 1.65 bits per heavy atom. The van der Waals surface area contributed by atoms with Gasteiger partial charge in [-0.05, 0) is 61.2 Å². The van der Waals surface area contributed by atoms with E-state index in [0.717, 1.165) is 23.2 Å². The van der Waals surface area contributed by atoms with Gasteiger partial charge in [-0.3, -0.25) is 15.6 Å². The van der Waals surface area contributed by atoms with Crippen LogP contribution in [0.3, 0.4) is 0 Å². The first-order valence-electron chi connectivity index (χ1n) is 8.88. The molecule has 0 spiro atoms. The van der Waals surface area contributed by atoms with Gasteiger partial charge in [-0.25, -0.2) is 0 Å². The van der Waals surface area contributed by atoms with Crippen molar-refractivity contribution in [1.82, 2.24) is 10.9 Å². The maximum Gasteiger partial charge on any atom is 0.245 e. The van der Waals surface area contributed by atoms with E-state index in [1.165, 1.54) is 5.56 Å². The lowest BCUT2D eigenvalue weighted by Gasteiger charge is -2.16. The van der Waals surface area contributed by atoms with Crippen LogP contribution in [0.1, 0.15) is 43.4 Å². The second-order valence-electron chi connectivity index (χ2n) is 6.94. The molecule has 2 rings (SSSR count). The Morgan fingerprint density at radius 1 is 1.00 bits per heavy atom. The molecule has 0 saturated carbocycles. The van der Waals surface area contributed by atoms with Crippen LogP contribution < -0.4 is 16.2 Å². The first-order chi connectivity index (χ1) is 12.4.